The number of carbonyl (C=O) groups excluding carboxylic acids is 1. The highest BCUT2D eigenvalue weighted by Gasteiger charge is 2.60. The molecule has 0 aromatic heterocycles. The minimum absolute atomic E-state index is 0.0519. The molecular formula is C18H28O3. The van der Waals surface area contributed by atoms with E-state index in [2.05, 4.69) is 26.8 Å². The summed E-state index contributed by atoms with van der Waals surface area (Å²) >= 11 is 0. The maximum Gasteiger partial charge on any atom is 0.302 e. The van der Waals surface area contributed by atoms with E-state index in [0.717, 1.165) is 6.61 Å². The summed E-state index contributed by atoms with van der Waals surface area (Å²) in [5.41, 5.74) is 1.49. The lowest BCUT2D eigenvalue weighted by molar-refractivity contribution is -0.217. The van der Waals surface area contributed by atoms with Gasteiger partial charge in [0.15, 0.2) is 0 Å². The van der Waals surface area contributed by atoms with Gasteiger partial charge in [-0.2, -0.15) is 0 Å². The zero-order valence-corrected chi connectivity index (χ0v) is 13.8. The lowest BCUT2D eigenvalue weighted by Gasteiger charge is -2.59. The van der Waals surface area contributed by atoms with Gasteiger partial charge in [0, 0.05) is 18.3 Å². The summed E-state index contributed by atoms with van der Waals surface area (Å²) in [4.78, 5) is 11.3. The van der Waals surface area contributed by atoms with Crippen LogP contribution in [0.5, 0.6) is 0 Å². The number of ether oxygens (including phenoxy) is 2. The van der Waals surface area contributed by atoms with E-state index in [1.165, 1.54) is 38.2 Å². The van der Waals surface area contributed by atoms with E-state index in [0.29, 0.717) is 24.4 Å². The van der Waals surface area contributed by atoms with Crippen LogP contribution in [0.2, 0.25) is 0 Å². The average Bonchev–Trinajstić information content (AvgIpc) is 2.86. The van der Waals surface area contributed by atoms with Crippen molar-refractivity contribution in [1.29, 1.82) is 0 Å². The first-order chi connectivity index (χ1) is 9.91. The summed E-state index contributed by atoms with van der Waals surface area (Å²) in [6, 6.07) is 0. The Bertz CT molecular complexity index is 461. The molecule has 3 heteroatoms. The van der Waals surface area contributed by atoms with Crippen LogP contribution in [0.25, 0.3) is 0 Å². The van der Waals surface area contributed by atoms with Gasteiger partial charge in [-0.15, -0.1) is 0 Å². The Morgan fingerprint density at radius 3 is 2.67 bits per heavy atom. The Morgan fingerprint density at radius 2 is 2.05 bits per heavy atom. The second-order valence-electron chi connectivity index (χ2n) is 7.54. The van der Waals surface area contributed by atoms with Gasteiger partial charge in [-0.3, -0.25) is 4.79 Å². The third-order valence-corrected chi connectivity index (χ3v) is 6.51. The molecule has 118 valence electrons. The fourth-order valence-electron chi connectivity index (χ4n) is 5.28. The summed E-state index contributed by atoms with van der Waals surface area (Å²) in [6.45, 7) is 9.57. The molecule has 2 aliphatic carbocycles. The Morgan fingerprint density at radius 1 is 1.38 bits per heavy atom. The summed E-state index contributed by atoms with van der Waals surface area (Å²) in [7, 11) is 0. The van der Waals surface area contributed by atoms with E-state index in [1.807, 2.05) is 0 Å². The largest absolute Gasteiger partial charge is 0.465 e. The third-order valence-electron chi connectivity index (χ3n) is 6.51. The van der Waals surface area contributed by atoms with Crippen molar-refractivity contribution in [2.24, 2.45) is 23.2 Å². The molecule has 1 spiro atoms. The van der Waals surface area contributed by atoms with Crippen LogP contribution in [0.4, 0.5) is 0 Å². The van der Waals surface area contributed by atoms with Crippen LogP contribution >= 0.6 is 0 Å². The van der Waals surface area contributed by atoms with E-state index < -0.39 is 0 Å². The molecule has 3 rings (SSSR count). The van der Waals surface area contributed by atoms with Crippen LogP contribution in [0.3, 0.4) is 0 Å². The lowest BCUT2D eigenvalue weighted by Crippen LogP contribution is -2.61. The number of allylic oxidation sites excluding steroid dienone is 1. The van der Waals surface area contributed by atoms with Gasteiger partial charge in [-0.05, 0) is 31.6 Å². The van der Waals surface area contributed by atoms with Gasteiger partial charge in [-0.25, -0.2) is 0 Å². The molecule has 1 saturated heterocycles. The summed E-state index contributed by atoms with van der Waals surface area (Å²) in [5.74, 6) is 1.19. The van der Waals surface area contributed by atoms with Crippen molar-refractivity contribution in [1.82, 2.24) is 0 Å². The summed E-state index contributed by atoms with van der Waals surface area (Å²) in [6.07, 6.45) is 7.35. The Hall–Kier alpha value is -0.830. The molecule has 0 N–H and O–H groups in total. The second kappa shape index (κ2) is 5.12. The summed E-state index contributed by atoms with van der Waals surface area (Å²) in [5, 5.41) is 0. The summed E-state index contributed by atoms with van der Waals surface area (Å²) < 4.78 is 11.9. The van der Waals surface area contributed by atoms with Crippen molar-refractivity contribution in [3.05, 3.63) is 11.6 Å². The third kappa shape index (κ3) is 2.16. The van der Waals surface area contributed by atoms with Gasteiger partial charge >= 0.3 is 5.97 Å². The van der Waals surface area contributed by atoms with E-state index in [-0.39, 0.29) is 17.0 Å². The maximum absolute atomic E-state index is 11.3. The molecule has 0 radical (unpaired) electrons. The SMILES string of the molecule is CC(=O)OC[C@@]12COC3(CCCC3)[C@@H](C(C)=C[C@@H]1C)[C@H]2C. The van der Waals surface area contributed by atoms with Gasteiger partial charge in [0.1, 0.15) is 0 Å². The van der Waals surface area contributed by atoms with E-state index >= 15 is 0 Å². The minimum atomic E-state index is -0.187. The van der Waals surface area contributed by atoms with Crippen LogP contribution in [0.1, 0.15) is 53.4 Å². The Labute approximate surface area is 128 Å². The van der Waals surface area contributed by atoms with E-state index in [9.17, 15) is 4.79 Å². The number of hydrogen-bond donors (Lipinski definition) is 0. The van der Waals surface area contributed by atoms with Crippen LogP contribution < -0.4 is 0 Å². The predicted molar refractivity (Wildman–Crippen MR) is 81.8 cm³/mol. The topological polar surface area (TPSA) is 35.5 Å². The maximum atomic E-state index is 11.3. The van der Waals surface area contributed by atoms with Crippen LogP contribution in [-0.4, -0.2) is 24.8 Å². The highest BCUT2D eigenvalue weighted by Crippen LogP contribution is 2.59. The van der Waals surface area contributed by atoms with Crippen molar-refractivity contribution in [3.63, 3.8) is 0 Å². The number of esters is 1. The molecule has 1 saturated carbocycles. The van der Waals surface area contributed by atoms with Crippen LogP contribution in [0, 0.1) is 23.2 Å². The van der Waals surface area contributed by atoms with E-state index in [1.54, 1.807) is 0 Å². The number of carbonyl (C=O) groups is 1. The van der Waals surface area contributed by atoms with Gasteiger partial charge in [-0.1, -0.05) is 38.3 Å². The van der Waals surface area contributed by atoms with Crippen LogP contribution in [-0.2, 0) is 14.3 Å². The second-order valence-corrected chi connectivity index (χ2v) is 7.54. The highest BCUT2D eigenvalue weighted by molar-refractivity contribution is 5.66. The molecule has 0 unspecified atom stereocenters. The first-order valence-corrected chi connectivity index (χ1v) is 8.37. The molecule has 2 bridgehead atoms. The zero-order valence-electron chi connectivity index (χ0n) is 13.8. The van der Waals surface area contributed by atoms with Crippen molar-refractivity contribution in [2.45, 2.75) is 59.0 Å². The normalized spacial score (nSPS) is 41.0. The average molecular weight is 292 g/mol. The zero-order chi connectivity index (χ0) is 15.3. The Balaban J connectivity index is 1.95. The lowest BCUT2D eigenvalue weighted by atomic mass is 9.53. The van der Waals surface area contributed by atoms with Gasteiger partial charge in [0.05, 0.1) is 18.8 Å². The number of rotatable bonds is 2. The predicted octanol–water partition coefficient (Wildman–Crippen LogP) is 3.73. The molecule has 0 aromatic rings. The van der Waals surface area contributed by atoms with Crippen molar-refractivity contribution < 1.29 is 14.3 Å². The molecule has 3 aliphatic rings. The number of fused-ring (bicyclic) bond motifs is 3. The van der Waals surface area contributed by atoms with Crippen molar-refractivity contribution in [3.8, 4) is 0 Å². The fourth-order valence-corrected chi connectivity index (χ4v) is 5.28. The first kappa shape index (κ1) is 15.1. The Kier molecular flexibility index (Phi) is 3.67. The number of hydrogen-bond acceptors (Lipinski definition) is 3. The molecule has 0 amide bonds. The van der Waals surface area contributed by atoms with Crippen molar-refractivity contribution >= 4 is 5.97 Å². The standard InChI is InChI=1S/C18H28O3/c1-12-9-13(2)17(10-20-15(4)19)11-21-18(7-5-6-8-18)16(12)14(17)3/h9,13-14,16H,5-8,10-11H2,1-4H3/t13-,14+,16-,17+/m0/s1. The molecule has 1 heterocycles. The monoisotopic (exact) mass is 292 g/mol. The molecule has 3 nitrogen and oxygen atoms in total. The van der Waals surface area contributed by atoms with Crippen LogP contribution in [0.15, 0.2) is 11.6 Å². The highest BCUT2D eigenvalue weighted by atomic mass is 16.5. The molecule has 4 atom stereocenters. The quantitative estimate of drug-likeness (QED) is 0.574. The minimum Gasteiger partial charge on any atom is -0.465 e. The molecular weight excluding hydrogens is 264 g/mol. The van der Waals surface area contributed by atoms with Gasteiger partial charge in [0.25, 0.3) is 0 Å². The molecule has 1 aliphatic heterocycles. The molecule has 0 aromatic carbocycles. The van der Waals surface area contributed by atoms with E-state index in [4.69, 9.17) is 9.47 Å². The fraction of sp³-hybridized carbons (Fsp3) is 0.833. The molecule has 21 heavy (non-hydrogen) atoms. The van der Waals surface area contributed by atoms with Gasteiger partial charge < -0.3 is 9.47 Å². The van der Waals surface area contributed by atoms with Crippen molar-refractivity contribution in [2.75, 3.05) is 13.2 Å². The smallest absolute Gasteiger partial charge is 0.302 e. The first-order valence-electron chi connectivity index (χ1n) is 8.37. The molecule has 2 fully saturated rings. The van der Waals surface area contributed by atoms with Gasteiger partial charge in [0.2, 0.25) is 0 Å².